The monoisotopic (exact) mass is 419 g/mol. The molecule has 0 spiro atoms. The van der Waals surface area contributed by atoms with E-state index in [2.05, 4.69) is 73.1 Å². The van der Waals surface area contributed by atoms with Crippen molar-refractivity contribution < 1.29 is 4.42 Å². The van der Waals surface area contributed by atoms with Crippen molar-refractivity contribution in [1.82, 2.24) is 4.90 Å². The molecule has 0 atom stereocenters. The van der Waals surface area contributed by atoms with Crippen molar-refractivity contribution >= 4 is 22.3 Å². The number of rotatable bonds is 6. The quantitative estimate of drug-likeness (QED) is 0.571. The summed E-state index contributed by atoms with van der Waals surface area (Å²) in [6.45, 7) is 14.8. The van der Waals surface area contributed by atoms with Gasteiger partial charge in [0.15, 0.2) is 0 Å². The fourth-order valence-electron chi connectivity index (χ4n) is 4.47. The van der Waals surface area contributed by atoms with Crippen molar-refractivity contribution in [2.45, 2.75) is 40.2 Å². The summed E-state index contributed by atoms with van der Waals surface area (Å²) in [5, 5.41) is 4.49. The van der Waals surface area contributed by atoms with Crippen LogP contribution in [0.1, 0.15) is 43.4 Å². The zero-order valence-corrected chi connectivity index (χ0v) is 19.1. The molecule has 3 aromatic rings. The molecule has 0 bridgehead atoms. The Morgan fingerprint density at radius 1 is 1.03 bits per heavy atom. The lowest BCUT2D eigenvalue weighted by atomic mass is 9.95. The molecule has 0 aliphatic carbocycles. The van der Waals surface area contributed by atoms with Gasteiger partial charge >= 0.3 is 5.63 Å². The summed E-state index contributed by atoms with van der Waals surface area (Å²) < 4.78 is 5.48. The molecule has 31 heavy (non-hydrogen) atoms. The number of hydrogen-bond donors (Lipinski definition) is 1. The van der Waals surface area contributed by atoms with E-state index in [1.807, 2.05) is 6.07 Å². The van der Waals surface area contributed by atoms with Crippen LogP contribution in [0.4, 0.5) is 11.4 Å². The Bertz CT molecular complexity index is 1090. The number of benzene rings is 2. The van der Waals surface area contributed by atoms with Crippen LogP contribution in [0.15, 0.2) is 51.7 Å². The Labute approximate surface area is 184 Å². The minimum absolute atomic E-state index is 0.303. The maximum absolute atomic E-state index is 12.1. The third-order valence-corrected chi connectivity index (χ3v) is 6.37. The Balaban J connectivity index is 1.50. The summed E-state index contributed by atoms with van der Waals surface area (Å²) in [5.74, 6) is 0.420. The van der Waals surface area contributed by atoms with Crippen LogP contribution in [0.3, 0.4) is 0 Å². The topological polar surface area (TPSA) is 48.7 Å². The molecule has 2 heterocycles. The van der Waals surface area contributed by atoms with Crippen LogP contribution in [0.5, 0.6) is 0 Å². The number of piperazine rings is 1. The van der Waals surface area contributed by atoms with Gasteiger partial charge in [-0.2, -0.15) is 0 Å². The van der Waals surface area contributed by atoms with Crippen LogP contribution in [0.2, 0.25) is 0 Å². The van der Waals surface area contributed by atoms with Crippen molar-refractivity contribution in [2.75, 3.05) is 42.9 Å². The molecular weight excluding hydrogens is 386 g/mol. The van der Waals surface area contributed by atoms with E-state index < -0.39 is 0 Å². The predicted octanol–water partition coefficient (Wildman–Crippen LogP) is 4.98. The third kappa shape index (κ3) is 4.77. The minimum Gasteiger partial charge on any atom is -0.423 e. The molecule has 4 rings (SSSR count). The zero-order valence-electron chi connectivity index (χ0n) is 19.1. The van der Waals surface area contributed by atoms with Crippen LogP contribution < -0.4 is 15.8 Å². The lowest BCUT2D eigenvalue weighted by Gasteiger charge is -2.35. The first-order valence-electron chi connectivity index (χ1n) is 11.3. The number of hydrogen-bond acceptors (Lipinski definition) is 5. The summed E-state index contributed by atoms with van der Waals surface area (Å²) in [5.41, 5.74) is 6.09. The number of anilines is 2. The molecule has 0 unspecified atom stereocenters. The summed E-state index contributed by atoms with van der Waals surface area (Å²) >= 11 is 0. The third-order valence-electron chi connectivity index (χ3n) is 6.37. The summed E-state index contributed by atoms with van der Waals surface area (Å²) in [6.07, 6.45) is 0. The molecule has 1 aliphatic rings. The van der Waals surface area contributed by atoms with Crippen molar-refractivity contribution in [3.8, 4) is 0 Å². The summed E-state index contributed by atoms with van der Waals surface area (Å²) in [4.78, 5) is 17.0. The molecule has 0 radical (unpaired) electrons. The molecule has 5 nitrogen and oxygen atoms in total. The van der Waals surface area contributed by atoms with E-state index in [0.717, 1.165) is 54.9 Å². The first-order chi connectivity index (χ1) is 14.9. The molecule has 1 aliphatic heterocycles. The highest BCUT2D eigenvalue weighted by Gasteiger charge is 2.16. The lowest BCUT2D eigenvalue weighted by molar-refractivity contribution is 0.271. The highest BCUT2D eigenvalue weighted by atomic mass is 16.4. The van der Waals surface area contributed by atoms with Crippen LogP contribution >= 0.6 is 0 Å². The van der Waals surface area contributed by atoms with Gasteiger partial charge in [-0.15, -0.1) is 0 Å². The average Bonchev–Trinajstić information content (AvgIpc) is 2.77. The van der Waals surface area contributed by atoms with Gasteiger partial charge in [0.05, 0.1) is 0 Å². The number of likely N-dealkylation sites (N-methyl/N-ethyl adjacent to an activating group) is 1. The smallest absolute Gasteiger partial charge is 0.336 e. The second-order valence-electron chi connectivity index (χ2n) is 8.77. The molecule has 1 N–H and O–H groups in total. The van der Waals surface area contributed by atoms with E-state index in [9.17, 15) is 4.79 Å². The standard InChI is InChI=1S/C26H33N3O2/c1-5-28-10-12-29(13-11-28)22-8-6-21(7-9-22)27-17-20-15-26(30)31-25-14-19(4)23(18(2)3)16-24(20)25/h6-9,14-16,18,27H,5,10-13,17H2,1-4H3. The van der Waals surface area contributed by atoms with Gasteiger partial charge in [-0.05, 0) is 72.5 Å². The Hall–Kier alpha value is -2.79. The zero-order chi connectivity index (χ0) is 22.0. The SMILES string of the molecule is CCN1CCN(c2ccc(NCc3cc(=O)oc4cc(C)c(C(C)C)cc34)cc2)CC1. The normalized spacial score (nSPS) is 15.1. The van der Waals surface area contributed by atoms with Gasteiger partial charge in [0.2, 0.25) is 0 Å². The van der Waals surface area contributed by atoms with Gasteiger partial charge in [-0.25, -0.2) is 4.79 Å². The minimum atomic E-state index is -0.303. The Morgan fingerprint density at radius 2 is 1.74 bits per heavy atom. The number of aryl methyl sites for hydroxylation is 1. The highest BCUT2D eigenvalue weighted by Crippen LogP contribution is 2.27. The summed E-state index contributed by atoms with van der Waals surface area (Å²) in [7, 11) is 0. The van der Waals surface area contributed by atoms with Crippen molar-refractivity contribution in [3.05, 3.63) is 69.6 Å². The van der Waals surface area contributed by atoms with Gasteiger partial charge in [0.25, 0.3) is 0 Å². The van der Waals surface area contributed by atoms with E-state index >= 15 is 0 Å². The summed E-state index contributed by atoms with van der Waals surface area (Å²) in [6, 6.07) is 14.4. The van der Waals surface area contributed by atoms with Gasteiger partial charge in [-0.1, -0.05) is 20.8 Å². The van der Waals surface area contributed by atoms with E-state index in [1.165, 1.54) is 11.3 Å². The average molecular weight is 420 g/mol. The van der Waals surface area contributed by atoms with E-state index in [1.54, 1.807) is 6.07 Å². The molecular formula is C26H33N3O2. The molecule has 1 saturated heterocycles. The Kier molecular flexibility index (Phi) is 6.33. The van der Waals surface area contributed by atoms with Gasteiger partial charge in [-0.3, -0.25) is 0 Å². The van der Waals surface area contributed by atoms with E-state index in [-0.39, 0.29) is 5.63 Å². The fourth-order valence-corrected chi connectivity index (χ4v) is 4.47. The molecule has 0 amide bonds. The number of nitrogens with one attached hydrogen (secondary N) is 1. The fraction of sp³-hybridized carbons (Fsp3) is 0.423. The van der Waals surface area contributed by atoms with Crippen LogP contribution in [-0.4, -0.2) is 37.6 Å². The van der Waals surface area contributed by atoms with E-state index in [0.29, 0.717) is 18.0 Å². The highest BCUT2D eigenvalue weighted by molar-refractivity contribution is 5.82. The first kappa shape index (κ1) is 21.4. The van der Waals surface area contributed by atoms with Crippen LogP contribution in [0, 0.1) is 6.92 Å². The molecule has 1 fully saturated rings. The molecule has 0 saturated carbocycles. The first-order valence-corrected chi connectivity index (χ1v) is 11.3. The lowest BCUT2D eigenvalue weighted by Crippen LogP contribution is -2.46. The van der Waals surface area contributed by atoms with Crippen molar-refractivity contribution in [2.24, 2.45) is 0 Å². The van der Waals surface area contributed by atoms with E-state index in [4.69, 9.17) is 4.42 Å². The maximum Gasteiger partial charge on any atom is 0.336 e. The maximum atomic E-state index is 12.1. The van der Waals surface area contributed by atoms with Crippen LogP contribution in [0.25, 0.3) is 11.0 Å². The molecule has 1 aromatic heterocycles. The van der Waals surface area contributed by atoms with Crippen LogP contribution in [-0.2, 0) is 6.54 Å². The van der Waals surface area contributed by atoms with Crippen molar-refractivity contribution in [3.63, 3.8) is 0 Å². The van der Waals surface area contributed by atoms with Crippen molar-refractivity contribution in [1.29, 1.82) is 0 Å². The second kappa shape index (κ2) is 9.15. The number of nitrogens with zero attached hydrogens (tertiary/aromatic N) is 2. The largest absolute Gasteiger partial charge is 0.423 e. The second-order valence-corrected chi connectivity index (χ2v) is 8.77. The Morgan fingerprint density at radius 3 is 2.39 bits per heavy atom. The van der Waals surface area contributed by atoms with Gasteiger partial charge < -0.3 is 19.5 Å². The molecule has 5 heteroatoms. The molecule has 164 valence electrons. The molecule has 2 aromatic carbocycles. The van der Waals surface area contributed by atoms with Gasteiger partial charge in [0.1, 0.15) is 5.58 Å². The number of fused-ring (bicyclic) bond motifs is 1. The predicted molar refractivity (Wildman–Crippen MR) is 129 cm³/mol. The van der Waals surface area contributed by atoms with Gasteiger partial charge in [0, 0.05) is 55.6 Å².